The van der Waals surface area contributed by atoms with E-state index < -0.39 is 0 Å². The first-order valence-corrected chi connectivity index (χ1v) is 9.14. The molecule has 2 rings (SSSR count). The van der Waals surface area contributed by atoms with E-state index >= 15 is 0 Å². The molecule has 0 radical (unpaired) electrons. The molecule has 2 aromatic rings. The van der Waals surface area contributed by atoms with Gasteiger partial charge in [-0.05, 0) is 49.2 Å². The molecule has 1 unspecified atom stereocenters. The van der Waals surface area contributed by atoms with Crippen LogP contribution < -0.4 is 24.8 Å². The Bertz CT molecular complexity index is 790. The zero-order chi connectivity index (χ0) is 20.4. The minimum atomic E-state index is -0.371. The van der Waals surface area contributed by atoms with E-state index in [4.69, 9.17) is 14.2 Å². The van der Waals surface area contributed by atoms with Gasteiger partial charge in [-0.15, -0.1) is 24.0 Å². The van der Waals surface area contributed by atoms with Gasteiger partial charge in [0.25, 0.3) is 0 Å². The molecule has 0 heterocycles. The maximum atomic E-state index is 13.7. The number of aliphatic imine (C=N–C) groups is 1. The van der Waals surface area contributed by atoms with Crippen molar-refractivity contribution >= 4 is 29.9 Å². The quantitative estimate of drug-likeness (QED) is 0.302. The van der Waals surface area contributed by atoms with Crippen LogP contribution in [0.4, 0.5) is 4.39 Å². The SMILES string of the molecule is CN=C(NCCc1cc(OC)ccc1OC)NCC(C)Oc1ccccc1F.I. The number of guanidine groups is 1. The Morgan fingerprint density at radius 1 is 1.07 bits per heavy atom. The fraction of sp³-hybridized carbons (Fsp3) is 0.381. The van der Waals surface area contributed by atoms with Crippen LogP contribution in [0.25, 0.3) is 0 Å². The molecule has 0 fully saturated rings. The summed E-state index contributed by atoms with van der Waals surface area (Å²) < 4.78 is 29.9. The van der Waals surface area contributed by atoms with Crippen molar-refractivity contribution in [3.05, 3.63) is 53.8 Å². The normalized spacial score (nSPS) is 11.8. The standard InChI is InChI=1S/C21H28FN3O3.HI/c1-15(28-20-8-6-5-7-18(20)22)14-25-21(23-2)24-12-11-16-13-17(26-3)9-10-19(16)27-4;/h5-10,13,15H,11-12,14H2,1-4H3,(H2,23,24,25);1H. The van der Waals surface area contributed by atoms with Crippen molar-refractivity contribution in [3.8, 4) is 17.2 Å². The number of nitrogens with zero attached hydrogens (tertiary/aromatic N) is 1. The number of hydrogen-bond donors (Lipinski definition) is 2. The summed E-state index contributed by atoms with van der Waals surface area (Å²) in [6, 6.07) is 12.1. The summed E-state index contributed by atoms with van der Waals surface area (Å²) >= 11 is 0. The van der Waals surface area contributed by atoms with E-state index in [0.717, 1.165) is 23.5 Å². The highest BCUT2D eigenvalue weighted by Gasteiger charge is 2.09. The summed E-state index contributed by atoms with van der Waals surface area (Å²) in [4.78, 5) is 4.20. The highest BCUT2D eigenvalue weighted by molar-refractivity contribution is 14.0. The largest absolute Gasteiger partial charge is 0.497 e. The van der Waals surface area contributed by atoms with Crippen molar-refractivity contribution in [1.82, 2.24) is 10.6 Å². The molecule has 160 valence electrons. The molecule has 0 bridgehead atoms. The number of benzene rings is 2. The molecular weight excluding hydrogens is 488 g/mol. The Labute approximate surface area is 188 Å². The first-order valence-electron chi connectivity index (χ1n) is 9.14. The van der Waals surface area contributed by atoms with Gasteiger partial charge in [0.2, 0.25) is 0 Å². The monoisotopic (exact) mass is 517 g/mol. The molecule has 0 aliphatic carbocycles. The zero-order valence-corrected chi connectivity index (χ0v) is 19.5. The van der Waals surface area contributed by atoms with E-state index in [9.17, 15) is 4.39 Å². The van der Waals surface area contributed by atoms with Gasteiger partial charge in [0, 0.05) is 13.6 Å². The van der Waals surface area contributed by atoms with Crippen LogP contribution in [-0.2, 0) is 6.42 Å². The Morgan fingerprint density at radius 3 is 2.48 bits per heavy atom. The maximum Gasteiger partial charge on any atom is 0.191 e. The summed E-state index contributed by atoms with van der Waals surface area (Å²) in [6.45, 7) is 3.01. The lowest BCUT2D eigenvalue weighted by atomic mass is 10.1. The van der Waals surface area contributed by atoms with Gasteiger partial charge < -0.3 is 24.8 Å². The van der Waals surface area contributed by atoms with Crippen LogP contribution in [0, 0.1) is 5.82 Å². The molecule has 0 saturated heterocycles. The third-order valence-corrected chi connectivity index (χ3v) is 4.12. The van der Waals surface area contributed by atoms with Crippen molar-refractivity contribution in [2.24, 2.45) is 4.99 Å². The molecular formula is C21H29FIN3O3. The lowest BCUT2D eigenvalue weighted by Crippen LogP contribution is -2.42. The lowest BCUT2D eigenvalue weighted by Gasteiger charge is -2.18. The van der Waals surface area contributed by atoms with Crippen molar-refractivity contribution in [2.75, 3.05) is 34.4 Å². The number of hydrogen-bond acceptors (Lipinski definition) is 4. The van der Waals surface area contributed by atoms with Crippen molar-refractivity contribution in [2.45, 2.75) is 19.4 Å². The Hall–Kier alpha value is -2.23. The van der Waals surface area contributed by atoms with Gasteiger partial charge in [0.05, 0.1) is 20.8 Å². The van der Waals surface area contributed by atoms with Gasteiger partial charge in [-0.25, -0.2) is 4.39 Å². The molecule has 0 aliphatic rings. The van der Waals surface area contributed by atoms with Crippen molar-refractivity contribution in [3.63, 3.8) is 0 Å². The van der Waals surface area contributed by atoms with Crippen molar-refractivity contribution < 1.29 is 18.6 Å². The molecule has 0 aromatic heterocycles. The summed E-state index contributed by atoms with van der Waals surface area (Å²) in [5, 5.41) is 6.43. The van der Waals surface area contributed by atoms with Crippen LogP contribution in [0.5, 0.6) is 17.2 Å². The van der Waals surface area contributed by atoms with E-state index in [1.807, 2.05) is 25.1 Å². The fourth-order valence-electron chi connectivity index (χ4n) is 2.65. The molecule has 29 heavy (non-hydrogen) atoms. The lowest BCUT2D eigenvalue weighted by molar-refractivity contribution is 0.214. The number of rotatable bonds is 9. The number of nitrogens with one attached hydrogen (secondary N) is 2. The fourth-order valence-corrected chi connectivity index (χ4v) is 2.65. The second kappa shape index (κ2) is 13.1. The first kappa shape index (κ1) is 24.8. The molecule has 6 nitrogen and oxygen atoms in total. The van der Waals surface area contributed by atoms with Crippen LogP contribution in [-0.4, -0.2) is 46.4 Å². The number of ether oxygens (including phenoxy) is 3. The summed E-state index contributed by atoms with van der Waals surface area (Å²) in [5.74, 6) is 2.12. The van der Waals surface area contributed by atoms with E-state index in [0.29, 0.717) is 19.0 Å². The third-order valence-electron chi connectivity index (χ3n) is 4.12. The Balaban J connectivity index is 0.00000420. The molecule has 1 atom stereocenters. The highest BCUT2D eigenvalue weighted by Crippen LogP contribution is 2.24. The molecule has 8 heteroatoms. The van der Waals surface area contributed by atoms with Gasteiger partial charge >= 0.3 is 0 Å². The van der Waals surface area contributed by atoms with Crippen molar-refractivity contribution in [1.29, 1.82) is 0 Å². The minimum Gasteiger partial charge on any atom is -0.497 e. The van der Waals surface area contributed by atoms with E-state index in [-0.39, 0.29) is 41.6 Å². The highest BCUT2D eigenvalue weighted by atomic mass is 127. The second-order valence-corrected chi connectivity index (χ2v) is 6.17. The number of para-hydroxylation sites is 1. The first-order chi connectivity index (χ1) is 13.6. The minimum absolute atomic E-state index is 0. The van der Waals surface area contributed by atoms with E-state index in [1.165, 1.54) is 6.07 Å². The van der Waals surface area contributed by atoms with Crippen LogP contribution in [0.15, 0.2) is 47.5 Å². The predicted molar refractivity (Wildman–Crippen MR) is 125 cm³/mol. The Kier molecular flexibility index (Phi) is 11.2. The molecule has 0 saturated carbocycles. The summed E-state index contributed by atoms with van der Waals surface area (Å²) in [6.07, 6.45) is 0.511. The summed E-state index contributed by atoms with van der Waals surface area (Å²) in [5.41, 5.74) is 1.04. The van der Waals surface area contributed by atoms with Crippen LogP contribution >= 0.6 is 24.0 Å². The molecule has 0 amide bonds. The van der Waals surface area contributed by atoms with Gasteiger partial charge in [-0.3, -0.25) is 4.99 Å². The molecule has 0 spiro atoms. The smallest absolute Gasteiger partial charge is 0.191 e. The zero-order valence-electron chi connectivity index (χ0n) is 17.2. The van der Waals surface area contributed by atoms with Crippen LogP contribution in [0.3, 0.4) is 0 Å². The maximum absolute atomic E-state index is 13.7. The van der Waals surface area contributed by atoms with Gasteiger partial charge in [-0.2, -0.15) is 0 Å². The van der Waals surface area contributed by atoms with Gasteiger partial charge in [-0.1, -0.05) is 12.1 Å². The van der Waals surface area contributed by atoms with E-state index in [2.05, 4.69) is 15.6 Å². The second-order valence-electron chi connectivity index (χ2n) is 6.17. The van der Waals surface area contributed by atoms with E-state index in [1.54, 1.807) is 39.5 Å². The molecule has 2 aromatic carbocycles. The van der Waals surface area contributed by atoms with Gasteiger partial charge in [0.1, 0.15) is 17.6 Å². The Morgan fingerprint density at radius 2 is 1.83 bits per heavy atom. The van der Waals surface area contributed by atoms with Gasteiger partial charge in [0.15, 0.2) is 17.5 Å². The topological polar surface area (TPSA) is 64.1 Å². The number of methoxy groups -OCH3 is 2. The molecule has 2 N–H and O–H groups in total. The average molecular weight is 517 g/mol. The predicted octanol–water partition coefficient (Wildman–Crippen LogP) is 3.64. The van der Waals surface area contributed by atoms with Crippen LogP contribution in [0.1, 0.15) is 12.5 Å². The number of halogens is 2. The summed E-state index contributed by atoms with van der Waals surface area (Å²) in [7, 11) is 4.99. The molecule has 0 aliphatic heterocycles. The third kappa shape index (κ3) is 7.96. The van der Waals surface area contributed by atoms with Crippen LogP contribution in [0.2, 0.25) is 0 Å². The average Bonchev–Trinajstić information content (AvgIpc) is 2.72.